The summed E-state index contributed by atoms with van der Waals surface area (Å²) in [5.74, 6) is 0.416. The molecule has 0 spiro atoms. The number of benzene rings is 1. The maximum atomic E-state index is 12.7. The molecule has 0 bridgehead atoms. The van der Waals surface area contributed by atoms with Gasteiger partial charge in [-0.2, -0.15) is 0 Å². The van der Waals surface area contributed by atoms with Crippen molar-refractivity contribution in [1.82, 2.24) is 14.9 Å². The van der Waals surface area contributed by atoms with Gasteiger partial charge < -0.3 is 31.6 Å². The standard InChI is InChI=1S/C25H29N7O/c1-17(30-20-4-6-21(7-5-20)32-13-11-31(2)12-14-32)24-18(9-10-28-25(24)33)15-22(26)19-3-8-23(27)29-16-19/h3-10,15-16,30H,1,11-14,26H2,2H3,(H2,27,29)(H,28,33)/b22-15-. The average molecular weight is 444 g/mol. The van der Waals surface area contributed by atoms with Gasteiger partial charge in [-0.1, -0.05) is 6.58 Å². The molecule has 1 saturated heterocycles. The molecule has 1 fully saturated rings. The van der Waals surface area contributed by atoms with Crippen LogP contribution in [-0.4, -0.2) is 48.1 Å². The lowest BCUT2D eigenvalue weighted by Crippen LogP contribution is -2.44. The summed E-state index contributed by atoms with van der Waals surface area (Å²) in [5.41, 5.74) is 16.4. The van der Waals surface area contributed by atoms with Crippen molar-refractivity contribution in [1.29, 1.82) is 0 Å². The fourth-order valence-corrected chi connectivity index (χ4v) is 3.81. The van der Waals surface area contributed by atoms with Crippen molar-refractivity contribution in [2.24, 2.45) is 5.73 Å². The predicted octanol–water partition coefficient (Wildman–Crippen LogP) is 2.64. The van der Waals surface area contributed by atoms with Gasteiger partial charge in [-0.3, -0.25) is 4.79 Å². The molecule has 1 aliphatic heterocycles. The number of pyridine rings is 2. The third-order valence-electron chi connectivity index (χ3n) is 5.76. The van der Waals surface area contributed by atoms with Gasteiger partial charge in [0.2, 0.25) is 0 Å². The number of likely N-dealkylation sites (N-methyl/N-ethyl adjacent to an activating group) is 1. The van der Waals surface area contributed by atoms with Crippen molar-refractivity contribution >= 4 is 34.7 Å². The number of aromatic amines is 1. The number of piperazine rings is 1. The zero-order valence-electron chi connectivity index (χ0n) is 18.7. The molecule has 0 amide bonds. The number of rotatable bonds is 6. The number of anilines is 3. The van der Waals surface area contributed by atoms with E-state index in [1.54, 1.807) is 36.7 Å². The second-order valence-corrected chi connectivity index (χ2v) is 8.15. The minimum absolute atomic E-state index is 0.251. The molecule has 3 aromatic rings. The van der Waals surface area contributed by atoms with Crippen LogP contribution in [0.4, 0.5) is 17.2 Å². The Morgan fingerprint density at radius 3 is 2.52 bits per heavy atom. The molecular weight excluding hydrogens is 414 g/mol. The topological polar surface area (TPSA) is 116 Å². The SMILES string of the molecule is C=C(Nc1ccc(N2CCN(C)CC2)cc1)c1c(/C=C(\N)c2ccc(N)nc2)cc[nH]c1=O. The van der Waals surface area contributed by atoms with Crippen molar-refractivity contribution in [3.63, 3.8) is 0 Å². The third kappa shape index (κ3) is 5.24. The van der Waals surface area contributed by atoms with E-state index in [-0.39, 0.29) is 5.56 Å². The number of hydrogen-bond donors (Lipinski definition) is 4. The predicted molar refractivity (Wildman–Crippen MR) is 137 cm³/mol. The molecular formula is C25H29N7O. The van der Waals surface area contributed by atoms with E-state index in [2.05, 4.69) is 50.8 Å². The number of nitrogens with one attached hydrogen (secondary N) is 2. The molecule has 2 aromatic heterocycles. The van der Waals surface area contributed by atoms with Gasteiger partial charge in [0.05, 0.1) is 5.56 Å². The Balaban J connectivity index is 1.53. The molecule has 1 aromatic carbocycles. The minimum Gasteiger partial charge on any atom is -0.398 e. The van der Waals surface area contributed by atoms with Crippen molar-refractivity contribution in [3.8, 4) is 0 Å². The number of nitrogens with two attached hydrogens (primary N) is 2. The molecule has 0 unspecified atom stereocenters. The Hall–Kier alpha value is -4.04. The summed E-state index contributed by atoms with van der Waals surface area (Å²) in [7, 11) is 2.14. The Bertz CT molecular complexity index is 1200. The van der Waals surface area contributed by atoms with Gasteiger partial charge in [0.25, 0.3) is 5.56 Å². The van der Waals surface area contributed by atoms with E-state index in [0.29, 0.717) is 33.9 Å². The van der Waals surface area contributed by atoms with E-state index < -0.39 is 0 Å². The van der Waals surface area contributed by atoms with E-state index in [4.69, 9.17) is 11.5 Å². The van der Waals surface area contributed by atoms with Gasteiger partial charge >= 0.3 is 0 Å². The summed E-state index contributed by atoms with van der Waals surface area (Å²) < 4.78 is 0. The van der Waals surface area contributed by atoms with Crippen molar-refractivity contribution in [2.45, 2.75) is 0 Å². The van der Waals surface area contributed by atoms with Crippen LogP contribution in [0.5, 0.6) is 0 Å². The van der Waals surface area contributed by atoms with Gasteiger partial charge in [-0.05, 0) is 61.2 Å². The lowest BCUT2D eigenvalue weighted by molar-refractivity contribution is 0.313. The molecule has 8 nitrogen and oxygen atoms in total. The van der Waals surface area contributed by atoms with E-state index >= 15 is 0 Å². The Morgan fingerprint density at radius 1 is 1.12 bits per heavy atom. The summed E-state index contributed by atoms with van der Waals surface area (Å²) in [4.78, 5) is 24.1. The first-order valence-corrected chi connectivity index (χ1v) is 10.8. The number of aromatic nitrogens is 2. The molecule has 6 N–H and O–H groups in total. The zero-order chi connectivity index (χ0) is 23.4. The first-order valence-electron chi connectivity index (χ1n) is 10.8. The minimum atomic E-state index is -0.251. The fraction of sp³-hybridized carbons (Fsp3) is 0.200. The summed E-state index contributed by atoms with van der Waals surface area (Å²) in [6.07, 6.45) is 4.93. The first kappa shape index (κ1) is 22.2. The Labute approximate surface area is 193 Å². The second kappa shape index (κ2) is 9.62. The van der Waals surface area contributed by atoms with Crippen LogP contribution < -0.4 is 27.2 Å². The molecule has 170 valence electrons. The Kier molecular flexibility index (Phi) is 6.46. The van der Waals surface area contributed by atoms with Crippen molar-refractivity contribution < 1.29 is 0 Å². The van der Waals surface area contributed by atoms with Gasteiger partial charge in [0.1, 0.15) is 5.82 Å². The lowest BCUT2D eigenvalue weighted by atomic mass is 10.0. The largest absolute Gasteiger partial charge is 0.398 e. The van der Waals surface area contributed by atoms with Gasteiger partial charge in [-0.25, -0.2) is 4.98 Å². The summed E-state index contributed by atoms with van der Waals surface area (Å²) in [6.45, 7) is 8.24. The molecule has 8 heteroatoms. The van der Waals surface area contributed by atoms with Crippen molar-refractivity contribution in [3.05, 3.63) is 88.5 Å². The average Bonchev–Trinajstić information content (AvgIpc) is 2.80. The highest BCUT2D eigenvalue weighted by atomic mass is 16.1. The van der Waals surface area contributed by atoms with Crippen LogP contribution in [0, 0.1) is 0 Å². The Morgan fingerprint density at radius 2 is 1.85 bits per heavy atom. The maximum Gasteiger partial charge on any atom is 0.257 e. The molecule has 4 rings (SSSR count). The summed E-state index contributed by atoms with van der Waals surface area (Å²) in [6, 6.07) is 13.4. The highest BCUT2D eigenvalue weighted by molar-refractivity contribution is 5.86. The fourth-order valence-electron chi connectivity index (χ4n) is 3.81. The smallest absolute Gasteiger partial charge is 0.257 e. The van der Waals surface area contributed by atoms with Gasteiger partial charge in [0, 0.05) is 66.9 Å². The normalized spacial score (nSPS) is 14.8. The highest BCUT2D eigenvalue weighted by Gasteiger charge is 2.15. The van der Waals surface area contributed by atoms with Crippen LogP contribution in [0.3, 0.4) is 0 Å². The highest BCUT2D eigenvalue weighted by Crippen LogP contribution is 2.24. The quantitative estimate of drug-likeness (QED) is 0.463. The van der Waals surface area contributed by atoms with Crippen LogP contribution in [0.25, 0.3) is 17.5 Å². The molecule has 0 saturated carbocycles. The van der Waals surface area contributed by atoms with Crippen LogP contribution in [0.2, 0.25) is 0 Å². The monoisotopic (exact) mass is 443 g/mol. The number of nitrogen functional groups attached to an aromatic ring is 1. The number of hydrogen-bond acceptors (Lipinski definition) is 7. The molecule has 3 heterocycles. The molecule has 0 radical (unpaired) electrons. The molecule has 0 aliphatic carbocycles. The summed E-state index contributed by atoms with van der Waals surface area (Å²) in [5, 5.41) is 3.26. The van der Waals surface area contributed by atoms with Crippen molar-refractivity contribution in [2.75, 3.05) is 49.2 Å². The van der Waals surface area contributed by atoms with Crippen LogP contribution in [0.15, 0.2) is 66.2 Å². The van der Waals surface area contributed by atoms with E-state index in [1.807, 2.05) is 12.1 Å². The van der Waals surface area contributed by atoms with Gasteiger partial charge in [0.15, 0.2) is 0 Å². The van der Waals surface area contributed by atoms with E-state index in [9.17, 15) is 4.79 Å². The lowest BCUT2D eigenvalue weighted by Gasteiger charge is -2.34. The molecule has 33 heavy (non-hydrogen) atoms. The number of H-pyrrole nitrogens is 1. The van der Waals surface area contributed by atoms with E-state index in [0.717, 1.165) is 31.9 Å². The van der Waals surface area contributed by atoms with E-state index in [1.165, 1.54) is 5.69 Å². The van der Waals surface area contributed by atoms with Crippen LogP contribution in [0.1, 0.15) is 16.7 Å². The molecule has 1 aliphatic rings. The van der Waals surface area contributed by atoms with Crippen LogP contribution in [-0.2, 0) is 0 Å². The number of nitrogens with zero attached hydrogens (tertiary/aromatic N) is 3. The third-order valence-corrected chi connectivity index (χ3v) is 5.76. The maximum absolute atomic E-state index is 12.7. The van der Waals surface area contributed by atoms with Gasteiger partial charge in [-0.15, -0.1) is 0 Å². The van der Waals surface area contributed by atoms with Crippen LogP contribution >= 0.6 is 0 Å². The molecule has 0 atom stereocenters. The second-order valence-electron chi connectivity index (χ2n) is 8.15. The summed E-state index contributed by atoms with van der Waals surface area (Å²) >= 11 is 0. The first-order chi connectivity index (χ1) is 15.9. The zero-order valence-corrected chi connectivity index (χ0v) is 18.7.